The third kappa shape index (κ3) is 2.27. The lowest BCUT2D eigenvalue weighted by molar-refractivity contribution is 0.0811. The first-order chi connectivity index (χ1) is 8.28. The van der Waals surface area contributed by atoms with Crippen molar-refractivity contribution in [2.45, 2.75) is 32.1 Å². The van der Waals surface area contributed by atoms with Crippen molar-refractivity contribution < 1.29 is 0 Å². The van der Waals surface area contributed by atoms with Crippen molar-refractivity contribution >= 4 is 15.9 Å². The summed E-state index contributed by atoms with van der Waals surface area (Å²) in [6, 6.07) is 2.22. The average Bonchev–Trinajstić information content (AvgIpc) is 2.77. The maximum absolute atomic E-state index is 4.29. The van der Waals surface area contributed by atoms with Crippen LogP contribution in [0.1, 0.15) is 31.2 Å². The standard InChI is InChI=1S/C14H19BrN2/c15-13-5-11(7-16-8-13)6-14(9-17-10-14)12-3-1-2-4-12/h5,7-8,12,17H,1-4,6,9-10H2. The molecule has 0 spiro atoms. The fraction of sp³-hybridized carbons (Fsp3) is 0.643. The summed E-state index contributed by atoms with van der Waals surface area (Å²) in [6.45, 7) is 2.40. The molecule has 0 atom stereocenters. The van der Waals surface area contributed by atoms with Crippen LogP contribution in [0.4, 0.5) is 0 Å². The van der Waals surface area contributed by atoms with Gasteiger partial charge in [-0.2, -0.15) is 0 Å². The summed E-state index contributed by atoms with van der Waals surface area (Å²) in [7, 11) is 0. The minimum absolute atomic E-state index is 0.527. The zero-order valence-corrected chi connectivity index (χ0v) is 11.7. The fourth-order valence-electron chi connectivity index (χ4n) is 3.50. The van der Waals surface area contributed by atoms with Crippen molar-refractivity contribution in [1.82, 2.24) is 10.3 Å². The van der Waals surface area contributed by atoms with Crippen LogP contribution in [0.15, 0.2) is 22.9 Å². The summed E-state index contributed by atoms with van der Waals surface area (Å²) in [6.07, 6.45) is 10.8. The predicted octanol–water partition coefficient (Wildman–Crippen LogP) is 3.17. The zero-order chi connectivity index (χ0) is 11.7. The second-order valence-corrected chi connectivity index (χ2v) is 6.55. The number of hydrogen-bond donors (Lipinski definition) is 1. The summed E-state index contributed by atoms with van der Waals surface area (Å²) in [5.41, 5.74) is 1.91. The SMILES string of the molecule is Brc1cncc(CC2(C3CCCC3)CNC2)c1. The molecule has 0 radical (unpaired) electrons. The zero-order valence-electron chi connectivity index (χ0n) is 10.1. The Morgan fingerprint density at radius 2 is 2.06 bits per heavy atom. The molecule has 2 heterocycles. The van der Waals surface area contributed by atoms with Crippen molar-refractivity contribution in [2.75, 3.05) is 13.1 Å². The molecule has 92 valence electrons. The average molecular weight is 295 g/mol. The Morgan fingerprint density at radius 3 is 2.65 bits per heavy atom. The van der Waals surface area contributed by atoms with E-state index >= 15 is 0 Å². The van der Waals surface area contributed by atoms with E-state index < -0.39 is 0 Å². The van der Waals surface area contributed by atoms with Gasteiger partial charge in [-0.05, 0) is 52.7 Å². The number of halogens is 1. The second kappa shape index (κ2) is 4.69. The van der Waals surface area contributed by atoms with E-state index in [0.29, 0.717) is 5.41 Å². The molecule has 0 bridgehead atoms. The van der Waals surface area contributed by atoms with Gasteiger partial charge in [0.25, 0.3) is 0 Å². The minimum atomic E-state index is 0.527. The third-order valence-corrected chi connectivity index (χ3v) is 4.93. The number of pyridine rings is 1. The number of nitrogens with zero attached hydrogens (tertiary/aromatic N) is 1. The Labute approximate surface area is 111 Å². The first kappa shape index (κ1) is 11.7. The van der Waals surface area contributed by atoms with Gasteiger partial charge in [0.2, 0.25) is 0 Å². The van der Waals surface area contributed by atoms with E-state index in [1.807, 2.05) is 12.4 Å². The predicted molar refractivity (Wildman–Crippen MR) is 72.9 cm³/mol. The molecule has 1 aromatic rings. The molecule has 3 rings (SSSR count). The molecule has 0 aromatic carbocycles. The molecule has 1 aliphatic heterocycles. The van der Waals surface area contributed by atoms with Crippen LogP contribution >= 0.6 is 15.9 Å². The van der Waals surface area contributed by atoms with Crippen LogP contribution in [0.2, 0.25) is 0 Å². The minimum Gasteiger partial charge on any atom is -0.315 e. The van der Waals surface area contributed by atoms with Crippen LogP contribution in [-0.2, 0) is 6.42 Å². The summed E-state index contributed by atoms with van der Waals surface area (Å²) >= 11 is 3.52. The van der Waals surface area contributed by atoms with E-state index in [9.17, 15) is 0 Å². The second-order valence-electron chi connectivity index (χ2n) is 5.64. The summed E-state index contributed by atoms with van der Waals surface area (Å²) < 4.78 is 1.10. The lowest BCUT2D eigenvalue weighted by atomic mass is 9.66. The highest BCUT2D eigenvalue weighted by Crippen LogP contribution is 2.44. The van der Waals surface area contributed by atoms with Gasteiger partial charge < -0.3 is 5.32 Å². The first-order valence-corrected chi connectivity index (χ1v) is 7.38. The number of hydrogen-bond acceptors (Lipinski definition) is 2. The molecule has 2 aliphatic rings. The molecular formula is C14H19BrN2. The van der Waals surface area contributed by atoms with Gasteiger partial charge in [-0.3, -0.25) is 4.98 Å². The van der Waals surface area contributed by atoms with E-state index in [0.717, 1.165) is 10.4 Å². The Hall–Kier alpha value is -0.410. The van der Waals surface area contributed by atoms with E-state index in [4.69, 9.17) is 0 Å². The van der Waals surface area contributed by atoms with Crippen molar-refractivity contribution in [1.29, 1.82) is 0 Å². The fourth-order valence-corrected chi connectivity index (χ4v) is 3.91. The highest BCUT2D eigenvalue weighted by Gasteiger charge is 2.44. The Morgan fingerprint density at radius 1 is 1.29 bits per heavy atom. The molecule has 1 saturated carbocycles. The molecule has 2 fully saturated rings. The molecule has 1 aliphatic carbocycles. The molecule has 3 heteroatoms. The van der Waals surface area contributed by atoms with E-state index in [1.54, 1.807) is 0 Å². The molecule has 1 N–H and O–H groups in total. The quantitative estimate of drug-likeness (QED) is 0.926. The van der Waals surface area contributed by atoms with Crippen LogP contribution < -0.4 is 5.32 Å². The van der Waals surface area contributed by atoms with Crippen molar-refractivity contribution in [3.05, 3.63) is 28.5 Å². The monoisotopic (exact) mass is 294 g/mol. The van der Waals surface area contributed by atoms with Crippen molar-refractivity contribution in [3.8, 4) is 0 Å². The summed E-state index contributed by atoms with van der Waals surface area (Å²) in [5, 5.41) is 3.48. The largest absolute Gasteiger partial charge is 0.315 e. The molecule has 1 saturated heterocycles. The topological polar surface area (TPSA) is 24.9 Å². The van der Waals surface area contributed by atoms with Crippen LogP contribution in [0.25, 0.3) is 0 Å². The van der Waals surface area contributed by atoms with E-state index in [1.165, 1.54) is 50.8 Å². The van der Waals surface area contributed by atoms with Gasteiger partial charge in [0, 0.05) is 35.4 Å². The Kier molecular flexibility index (Phi) is 3.22. The lowest BCUT2D eigenvalue weighted by Crippen LogP contribution is -2.58. The lowest BCUT2D eigenvalue weighted by Gasteiger charge is -2.47. The summed E-state index contributed by atoms with van der Waals surface area (Å²) in [5.74, 6) is 0.933. The maximum atomic E-state index is 4.29. The number of aromatic nitrogens is 1. The van der Waals surface area contributed by atoms with E-state index in [-0.39, 0.29) is 0 Å². The van der Waals surface area contributed by atoms with Crippen LogP contribution in [-0.4, -0.2) is 18.1 Å². The Bertz CT molecular complexity index is 395. The number of rotatable bonds is 3. The smallest absolute Gasteiger partial charge is 0.0410 e. The number of nitrogens with one attached hydrogen (secondary N) is 1. The molecular weight excluding hydrogens is 276 g/mol. The van der Waals surface area contributed by atoms with Gasteiger partial charge >= 0.3 is 0 Å². The molecule has 0 amide bonds. The molecule has 17 heavy (non-hydrogen) atoms. The maximum Gasteiger partial charge on any atom is 0.0410 e. The third-order valence-electron chi connectivity index (χ3n) is 4.49. The highest BCUT2D eigenvalue weighted by molar-refractivity contribution is 9.10. The molecule has 2 nitrogen and oxygen atoms in total. The van der Waals surface area contributed by atoms with Crippen molar-refractivity contribution in [3.63, 3.8) is 0 Å². The molecule has 0 unspecified atom stereocenters. The van der Waals surface area contributed by atoms with Gasteiger partial charge in [0.1, 0.15) is 0 Å². The van der Waals surface area contributed by atoms with Crippen LogP contribution in [0.5, 0.6) is 0 Å². The highest BCUT2D eigenvalue weighted by atomic mass is 79.9. The van der Waals surface area contributed by atoms with Crippen molar-refractivity contribution in [2.24, 2.45) is 11.3 Å². The summed E-state index contributed by atoms with van der Waals surface area (Å²) in [4.78, 5) is 4.29. The van der Waals surface area contributed by atoms with Gasteiger partial charge in [-0.1, -0.05) is 12.8 Å². The van der Waals surface area contributed by atoms with Crippen LogP contribution in [0, 0.1) is 11.3 Å². The van der Waals surface area contributed by atoms with Gasteiger partial charge in [0.15, 0.2) is 0 Å². The van der Waals surface area contributed by atoms with E-state index in [2.05, 4.69) is 32.3 Å². The first-order valence-electron chi connectivity index (χ1n) is 6.59. The van der Waals surface area contributed by atoms with Gasteiger partial charge in [-0.15, -0.1) is 0 Å². The van der Waals surface area contributed by atoms with Gasteiger partial charge in [-0.25, -0.2) is 0 Å². The molecule has 1 aromatic heterocycles. The Balaban J connectivity index is 1.77. The van der Waals surface area contributed by atoms with Gasteiger partial charge in [0.05, 0.1) is 0 Å². The normalized spacial score (nSPS) is 23.6. The van der Waals surface area contributed by atoms with Crippen LogP contribution in [0.3, 0.4) is 0 Å².